The highest BCUT2D eigenvalue weighted by molar-refractivity contribution is 5.59. The average Bonchev–Trinajstić information content (AvgIpc) is 2.54. The molecule has 0 atom stereocenters. The number of aromatic nitrogens is 2. The number of benzene rings is 1. The molecule has 0 unspecified atom stereocenters. The maximum Gasteiger partial charge on any atom is 0.433 e. The standard InChI is InChI=1S/C15H15F6N5/c1-26(2)6-5-22-14-23-10(15(19,20)21)7-11(25-14)24-13-9(17)4-3-8(16)12(13)18/h3-4,7H,5-6H2,1-2H3,(H2,22,23,24,25). The van der Waals surface area contributed by atoms with Gasteiger partial charge < -0.3 is 15.5 Å². The summed E-state index contributed by atoms with van der Waals surface area (Å²) in [5, 5.41) is 4.63. The Bertz CT molecular complexity index is 778. The van der Waals surface area contributed by atoms with Crippen LogP contribution in [0.5, 0.6) is 0 Å². The van der Waals surface area contributed by atoms with Crippen molar-refractivity contribution in [2.75, 3.05) is 37.8 Å². The van der Waals surface area contributed by atoms with Crippen LogP contribution in [-0.2, 0) is 6.18 Å². The SMILES string of the molecule is CN(C)CCNc1nc(Nc2c(F)ccc(F)c2F)cc(C(F)(F)F)n1. The molecule has 0 saturated heterocycles. The molecular weight excluding hydrogens is 364 g/mol. The molecule has 2 rings (SSSR count). The van der Waals surface area contributed by atoms with Crippen LogP contribution < -0.4 is 10.6 Å². The van der Waals surface area contributed by atoms with Crippen molar-refractivity contribution in [2.24, 2.45) is 0 Å². The number of likely N-dealkylation sites (N-methyl/N-ethyl adjacent to an activating group) is 1. The molecule has 1 aromatic carbocycles. The zero-order valence-electron chi connectivity index (χ0n) is 13.8. The van der Waals surface area contributed by atoms with Gasteiger partial charge in [0.2, 0.25) is 5.95 Å². The molecule has 11 heteroatoms. The highest BCUT2D eigenvalue weighted by Crippen LogP contribution is 2.31. The molecule has 1 aromatic heterocycles. The molecule has 1 heterocycles. The van der Waals surface area contributed by atoms with Gasteiger partial charge in [-0.3, -0.25) is 0 Å². The molecular formula is C15H15F6N5. The first-order valence-corrected chi connectivity index (χ1v) is 7.33. The van der Waals surface area contributed by atoms with Crippen LogP contribution in [0.3, 0.4) is 0 Å². The third kappa shape index (κ3) is 4.97. The number of nitrogens with one attached hydrogen (secondary N) is 2. The summed E-state index contributed by atoms with van der Waals surface area (Å²) in [5.74, 6) is -5.04. The third-order valence-electron chi connectivity index (χ3n) is 3.16. The van der Waals surface area contributed by atoms with Crippen molar-refractivity contribution >= 4 is 17.5 Å². The van der Waals surface area contributed by atoms with Gasteiger partial charge in [0.1, 0.15) is 17.3 Å². The van der Waals surface area contributed by atoms with Crippen LogP contribution >= 0.6 is 0 Å². The van der Waals surface area contributed by atoms with Crippen molar-refractivity contribution in [3.63, 3.8) is 0 Å². The van der Waals surface area contributed by atoms with Crippen molar-refractivity contribution in [1.82, 2.24) is 14.9 Å². The predicted molar refractivity (Wildman–Crippen MR) is 83.7 cm³/mol. The second kappa shape index (κ2) is 7.77. The molecule has 0 radical (unpaired) electrons. The first kappa shape index (κ1) is 19.8. The van der Waals surface area contributed by atoms with E-state index in [9.17, 15) is 26.3 Å². The minimum atomic E-state index is -4.81. The summed E-state index contributed by atoms with van der Waals surface area (Å²) in [7, 11) is 3.52. The first-order chi connectivity index (χ1) is 12.1. The Labute approximate surface area is 145 Å². The van der Waals surface area contributed by atoms with Gasteiger partial charge in [-0.1, -0.05) is 0 Å². The minimum absolute atomic E-state index is 0.233. The Kier molecular flexibility index (Phi) is 5.90. The second-order valence-corrected chi connectivity index (χ2v) is 5.53. The van der Waals surface area contributed by atoms with E-state index in [-0.39, 0.29) is 12.5 Å². The number of halogens is 6. The highest BCUT2D eigenvalue weighted by atomic mass is 19.4. The Balaban J connectivity index is 2.37. The maximum absolute atomic E-state index is 13.7. The molecule has 2 N–H and O–H groups in total. The van der Waals surface area contributed by atoms with Gasteiger partial charge >= 0.3 is 6.18 Å². The van der Waals surface area contributed by atoms with E-state index in [0.29, 0.717) is 24.7 Å². The number of anilines is 3. The van der Waals surface area contributed by atoms with E-state index in [1.54, 1.807) is 19.0 Å². The Morgan fingerprint density at radius 1 is 1.04 bits per heavy atom. The molecule has 26 heavy (non-hydrogen) atoms. The van der Waals surface area contributed by atoms with Crippen molar-refractivity contribution in [3.8, 4) is 0 Å². The van der Waals surface area contributed by atoms with Gasteiger partial charge in [-0.05, 0) is 26.2 Å². The van der Waals surface area contributed by atoms with Gasteiger partial charge in [-0.15, -0.1) is 0 Å². The van der Waals surface area contributed by atoms with Crippen LogP contribution in [-0.4, -0.2) is 42.1 Å². The van der Waals surface area contributed by atoms with Crippen LogP contribution in [0.15, 0.2) is 18.2 Å². The lowest BCUT2D eigenvalue weighted by molar-refractivity contribution is -0.141. The first-order valence-electron chi connectivity index (χ1n) is 7.33. The lowest BCUT2D eigenvalue weighted by Crippen LogP contribution is -2.22. The van der Waals surface area contributed by atoms with Gasteiger partial charge in [0.15, 0.2) is 17.3 Å². The van der Waals surface area contributed by atoms with Gasteiger partial charge in [0.25, 0.3) is 0 Å². The van der Waals surface area contributed by atoms with Gasteiger partial charge in [-0.25, -0.2) is 18.2 Å². The molecule has 2 aromatic rings. The number of rotatable bonds is 6. The van der Waals surface area contributed by atoms with E-state index in [0.717, 1.165) is 0 Å². The molecule has 0 spiro atoms. The van der Waals surface area contributed by atoms with Crippen LogP contribution in [0.1, 0.15) is 5.69 Å². The summed E-state index contributed by atoms with van der Waals surface area (Å²) in [6.45, 7) is 0.714. The zero-order valence-corrected chi connectivity index (χ0v) is 13.8. The van der Waals surface area contributed by atoms with Crippen LogP contribution in [0, 0.1) is 17.5 Å². The molecule has 0 aliphatic heterocycles. The summed E-state index contributed by atoms with van der Waals surface area (Å²) in [6.07, 6.45) is -4.81. The summed E-state index contributed by atoms with van der Waals surface area (Å²) in [6, 6.07) is 1.68. The van der Waals surface area contributed by atoms with Crippen molar-refractivity contribution in [3.05, 3.63) is 41.3 Å². The summed E-state index contributed by atoms with van der Waals surface area (Å²) >= 11 is 0. The van der Waals surface area contributed by atoms with Crippen LogP contribution in [0.2, 0.25) is 0 Å². The molecule has 0 bridgehead atoms. The van der Waals surface area contributed by atoms with Gasteiger partial charge in [0, 0.05) is 19.2 Å². The maximum atomic E-state index is 13.7. The second-order valence-electron chi connectivity index (χ2n) is 5.53. The lowest BCUT2D eigenvalue weighted by atomic mass is 10.2. The fraction of sp³-hybridized carbons (Fsp3) is 0.333. The normalized spacial score (nSPS) is 11.7. The molecule has 142 valence electrons. The molecule has 0 saturated carbocycles. The Morgan fingerprint density at radius 2 is 1.69 bits per heavy atom. The quantitative estimate of drug-likeness (QED) is 0.593. The zero-order chi connectivity index (χ0) is 19.5. The summed E-state index contributed by atoms with van der Waals surface area (Å²) in [5.41, 5.74) is -2.27. The third-order valence-corrected chi connectivity index (χ3v) is 3.16. The molecule has 0 fully saturated rings. The molecule has 0 aliphatic rings. The van der Waals surface area contributed by atoms with E-state index < -0.39 is 40.8 Å². The monoisotopic (exact) mass is 379 g/mol. The van der Waals surface area contributed by atoms with Crippen molar-refractivity contribution < 1.29 is 26.3 Å². The van der Waals surface area contributed by atoms with Gasteiger partial charge in [0.05, 0.1) is 0 Å². The summed E-state index contributed by atoms with van der Waals surface area (Å²) in [4.78, 5) is 8.86. The van der Waals surface area contributed by atoms with E-state index >= 15 is 0 Å². The van der Waals surface area contributed by atoms with Crippen molar-refractivity contribution in [2.45, 2.75) is 6.18 Å². The van der Waals surface area contributed by atoms with E-state index in [1.807, 2.05) is 5.32 Å². The lowest BCUT2D eigenvalue weighted by Gasteiger charge is -2.14. The number of nitrogens with zero attached hydrogens (tertiary/aromatic N) is 3. The Hall–Kier alpha value is -2.56. The molecule has 0 aliphatic carbocycles. The molecule has 0 amide bonds. The van der Waals surface area contributed by atoms with Crippen LogP contribution in [0.25, 0.3) is 0 Å². The Morgan fingerprint density at radius 3 is 2.31 bits per heavy atom. The van der Waals surface area contributed by atoms with E-state index in [4.69, 9.17) is 0 Å². The largest absolute Gasteiger partial charge is 0.433 e. The number of alkyl halides is 3. The number of hydrogen-bond donors (Lipinski definition) is 2. The molecule has 5 nitrogen and oxygen atoms in total. The fourth-order valence-electron chi connectivity index (χ4n) is 1.90. The smallest absolute Gasteiger partial charge is 0.353 e. The van der Waals surface area contributed by atoms with Crippen molar-refractivity contribution in [1.29, 1.82) is 0 Å². The van der Waals surface area contributed by atoms with E-state index in [1.165, 1.54) is 0 Å². The average molecular weight is 379 g/mol. The van der Waals surface area contributed by atoms with E-state index in [2.05, 4.69) is 15.3 Å². The summed E-state index contributed by atoms with van der Waals surface area (Å²) < 4.78 is 79.6. The fourth-order valence-corrected chi connectivity index (χ4v) is 1.90. The van der Waals surface area contributed by atoms with Gasteiger partial charge in [-0.2, -0.15) is 18.2 Å². The number of hydrogen-bond acceptors (Lipinski definition) is 5. The predicted octanol–water partition coefficient (Wildman–Crippen LogP) is 3.63. The minimum Gasteiger partial charge on any atom is -0.353 e. The van der Waals surface area contributed by atoms with Crippen LogP contribution in [0.4, 0.5) is 43.8 Å². The topological polar surface area (TPSA) is 53.1 Å². The highest BCUT2D eigenvalue weighted by Gasteiger charge is 2.34.